The Morgan fingerprint density at radius 3 is 3.00 bits per heavy atom. The van der Waals surface area contributed by atoms with Crippen LogP contribution in [0.4, 0.5) is 4.39 Å². The van der Waals surface area contributed by atoms with E-state index < -0.39 is 0 Å². The highest BCUT2D eigenvalue weighted by Gasteiger charge is 2.27. The van der Waals surface area contributed by atoms with E-state index in [1.807, 2.05) is 17.9 Å². The number of methoxy groups -OCH3 is 1. The molecule has 0 unspecified atom stereocenters. The van der Waals surface area contributed by atoms with E-state index in [1.54, 1.807) is 19.2 Å². The van der Waals surface area contributed by atoms with Gasteiger partial charge in [0.25, 0.3) is 0 Å². The molecule has 0 radical (unpaired) electrons. The summed E-state index contributed by atoms with van der Waals surface area (Å²) in [5.74, 6) is 0.524. The molecule has 2 heterocycles. The lowest BCUT2D eigenvalue weighted by Gasteiger charge is -2.24. The van der Waals surface area contributed by atoms with Crippen LogP contribution in [-0.4, -0.2) is 28.3 Å². The molecule has 112 valence electrons. The predicted molar refractivity (Wildman–Crippen MR) is 78.5 cm³/mol. The highest BCUT2D eigenvalue weighted by molar-refractivity contribution is 5.34. The van der Waals surface area contributed by atoms with E-state index in [0.717, 1.165) is 30.7 Å². The first kappa shape index (κ1) is 14.1. The molecule has 0 spiro atoms. The third kappa shape index (κ3) is 2.93. The maximum Gasteiger partial charge on any atom is 0.123 e. The second-order valence-electron chi connectivity index (χ2n) is 5.53. The van der Waals surface area contributed by atoms with Gasteiger partial charge in [-0.1, -0.05) is 0 Å². The van der Waals surface area contributed by atoms with Gasteiger partial charge in [0.05, 0.1) is 13.3 Å². The van der Waals surface area contributed by atoms with E-state index in [-0.39, 0.29) is 5.82 Å². The van der Waals surface area contributed by atoms with Gasteiger partial charge in [0.15, 0.2) is 0 Å². The Kier molecular flexibility index (Phi) is 3.92. The van der Waals surface area contributed by atoms with Gasteiger partial charge in [-0.15, -0.1) is 0 Å². The molecule has 0 saturated carbocycles. The summed E-state index contributed by atoms with van der Waals surface area (Å²) in [5.41, 5.74) is 2.12. The number of hydrogen-bond acceptors (Lipinski definition) is 3. The molecule has 1 fully saturated rings. The lowest BCUT2D eigenvalue weighted by atomic mass is 10.1. The fourth-order valence-electron chi connectivity index (χ4n) is 3.09. The van der Waals surface area contributed by atoms with E-state index in [4.69, 9.17) is 4.74 Å². The SMILES string of the molecule is COc1ccc(F)cc1CN1CCC[C@H]1c1cnn(C)c1. The lowest BCUT2D eigenvalue weighted by molar-refractivity contribution is 0.244. The fourth-order valence-corrected chi connectivity index (χ4v) is 3.09. The van der Waals surface area contributed by atoms with Crippen molar-refractivity contribution in [3.05, 3.63) is 47.5 Å². The summed E-state index contributed by atoms with van der Waals surface area (Å²) in [6, 6.07) is 5.05. The zero-order valence-corrected chi connectivity index (χ0v) is 12.4. The Labute approximate surface area is 124 Å². The van der Waals surface area contributed by atoms with Crippen molar-refractivity contribution in [2.24, 2.45) is 7.05 Å². The number of likely N-dealkylation sites (tertiary alicyclic amines) is 1. The summed E-state index contributed by atoms with van der Waals surface area (Å²) in [4.78, 5) is 2.37. The van der Waals surface area contributed by atoms with Crippen LogP contribution in [0.3, 0.4) is 0 Å². The number of hydrogen-bond donors (Lipinski definition) is 0. The van der Waals surface area contributed by atoms with Gasteiger partial charge in [0.2, 0.25) is 0 Å². The number of rotatable bonds is 4. The maximum atomic E-state index is 13.5. The Balaban J connectivity index is 1.82. The molecule has 2 aromatic rings. The number of nitrogens with zero attached hydrogens (tertiary/aromatic N) is 3. The predicted octanol–water partition coefficient (Wildman–Crippen LogP) is 2.90. The van der Waals surface area contributed by atoms with Crippen LogP contribution >= 0.6 is 0 Å². The Morgan fingerprint density at radius 2 is 2.29 bits per heavy atom. The van der Waals surface area contributed by atoms with Gasteiger partial charge in [-0.25, -0.2) is 4.39 Å². The standard InChI is InChI=1S/C16H20FN3O/c1-19-10-13(9-18-19)15-4-3-7-20(15)11-12-8-14(17)5-6-16(12)21-2/h5-6,8-10,15H,3-4,7,11H2,1-2H3/t15-/m0/s1. The Hall–Kier alpha value is -1.88. The summed E-state index contributed by atoms with van der Waals surface area (Å²) in [7, 11) is 3.55. The second kappa shape index (κ2) is 5.85. The van der Waals surface area contributed by atoms with Gasteiger partial charge in [-0.3, -0.25) is 9.58 Å². The largest absolute Gasteiger partial charge is 0.496 e. The summed E-state index contributed by atoms with van der Waals surface area (Å²) in [6.45, 7) is 1.71. The minimum Gasteiger partial charge on any atom is -0.496 e. The average Bonchev–Trinajstić information content (AvgIpc) is 3.08. The van der Waals surface area contributed by atoms with Crippen LogP contribution in [0.5, 0.6) is 5.75 Å². The quantitative estimate of drug-likeness (QED) is 0.867. The molecule has 1 aromatic heterocycles. The number of ether oxygens (including phenoxy) is 1. The van der Waals surface area contributed by atoms with E-state index >= 15 is 0 Å². The molecule has 1 aliphatic rings. The smallest absolute Gasteiger partial charge is 0.123 e. The molecule has 4 nitrogen and oxygen atoms in total. The van der Waals surface area contributed by atoms with Crippen LogP contribution in [0.2, 0.25) is 0 Å². The van der Waals surface area contributed by atoms with E-state index in [9.17, 15) is 4.39 Å². The molecule has 5 heteroatoms. The zero-order valence-electron chi connectivity index (χ0n) is 12.4. The highest BCUT2D eigenvalue weighted by Crippen LogP contribution is 2.34. The second-order valence-corrected chi connectivity index (χ2v) is 5.53. The van der Waals surface area contributed by atoms with Gasteiger partial charge in [0.1, 0.15) is 11.6 Å². The topological polar surface area (TPSA) is 30.3 Å². The third-order valence-corrected chi connectivity index (χ3v) is 4.09. The number of benzene rings is 1. The first-order valence-corrected chi connectivity index (χ1v) is 7.22. The van der Waals surface area contributed by atoms with Crippen LogP contribution in [0.15, 0.2) is 30.6 Å². The molecule has 1 aromatic carbocycles. The van der Waals surface area contributed by atoms with Crippen molar-refractivity contribution in [1.82, 2.24) is 14.7 Å². The zero-order chi connectivity index (χ0) is 14.8. The third-order valence-electron chi connectivity index (χ3n) is 4.09. The van der Waals surface area contributed by atoms with Crippen molar-refractivity contribution in [2.75, 3.05) is 13.7 Å². The normalized spacial score (nSPS) is 19.1. The van der Waals surface area contributed by atoms with Crippen LogP contribution in [0, 0.1) is 5.82 Å². The Bertz CT molecular complexity index is 626. The van der Waals surface area contributed by atoms with Crippen LogP contribution < -0.4 is 4.74 Å². The first-order valence-electron chi connectivity index (χ1n) is 7.22. The number of aromatic nitrogens is 2. The molecular formula is C16H20FN3O. The molecule has 1 atom stereocenters. The van der Waals surface area contributed by atoms with Crippen molar-refractivity contribution in [1.29, 1.82) is 0 Å². The molecular weight excluding hydrogens is 269 g/mol. The summed E-state index contributed by atoms with van der Waals surface area (Å²) < 4.78 is 20.7. The monoisotopic (exact) mass is 289 g/mol. The first-order chi connectivity index (χ1) is 10.2. The van der Waals surface area contributed by atoms with Crippen LogP contribution in [0.1, 0.15) is 30.0 Å². The summed E-state index contributed by atoms with van der Waals surface area (Å²) in [6.07, 6.45) is 6.25. The van der Waals surface area contributed by atoms with Gasteiger partial charge in [-0.05, 0) is 37.6 Å². The molecule has 0 N–H and O–H groups in total. The summed E-state index contributed by atoms with van der Waals surface area (Å²) >= 11 is 0. The molecule has 21 heavy (non-hydrogen) atoms. The van der Waals surface area contributed by atoms with Crippen LogP contribution in [0.25, 0.3) is 0 Å². The van der Waals surface area contributed by atoms with E-state index in [0.29, 0.717) is 12.6 Å². The highest BCUT2D eigenvalue weighted by atomic mass is 19.1. The minimum atomic E-state index is -0.220. The molecule has 1 aliphatic heterocycles. The van der Waals surface area contributed by atoms with Gasteiger partial charge in [0, 0.05) is 37.0 Å². The van der Waals surface area contributed by atoms with Gasteiger partial charge in [-0.2, -0.15) is 5.10 Å². The van der Waals surface area contributed by atoms with Crippen LogP contribution in [-0.2, 0) is 13.6 Å². The van der Waals surface area contributed by atoms with E-state index in [2.05, 4.69) is 16.2 Å². The fraction of sp³-hybridized carbons (Fsp3) is 0.438. The average molecular weight is 289 g/mol. The molecule has 0 amide bonds. The van der Waals surface area contributed by atoms with Crippen molar-refractivity contribution in [2.45, 2.75) is 25.4 Å². The minimum absolute atomic E-state index is 0.220. The maximum absolute atomic E-state index is 13.5. The van der Waals surface area contributed by atoms with Crippen molar-refractivity contribution in [3.63, 3.8) is 0 Å². The molecule has 0 aliphatic carbocycles. The molecule has 3 rings (SSSR count). The number of aryl methyl sites for hydroxylation is 1. The Morgan fingerprint density at radius 1 is 1.43 bits per heavy atom. The van der Waals surface area contributed by atoms with Gasteiger partial charge >= 0.3 is 0 Å². The summed E-state index contributed by atoms with van der Waals surface area (Å²) in [5, 5.41) is 4.26. The van der Waals surface area contributed by atoms with Crippen molar-refractivity contribution in [3.8, 4) is 5.75 Å². The lowest BCUT2D eigenvalue weighted by Crippen LogP contribution is -2.23. The van der Waals surface area contributed by atoms with Crippen molar-refractivity contribution < 1.29 is 9.13 Å². The molecule has 0 bridgehead atoms. The van der Waals surface area contributed by atoms with E-state index in [1.165, 1.54) is 11.6 Å². The molecule has 1 saturated heterocycles. The van der Waals surface area contributed by atoms with Gasteiger partial charge < -0.3 is 4.74 Å². The van der Waals surface area contributed by atoms with Crippen molar-refractivity contribution >= 4 is 0 Å². The number of halogens is 1.